The van der Waals surface area contributed by atoms with E-state index < -0.39 is 5.60 Å². The number of carbonyl (C=O) groups excluding carboxylic acids is 1. The molecule has 21 heavy (non-hydrogen) atoms. The quantitative estimate of drug-likeness (QED) is 0.865. The molecule has 0 fully saturated rings. The topological polar surface area (TPSA) is 73.1 Å². The normalized spacial score (nSPS) is 20.7. The van der Waals surface area contributed by atoms with Gasteiger partial charge in [-0.2, -0.15) is 4.99 Å². The van der Waals surface area contributed by atoms with Crippen molar-refractivity contribution in [2.24, 2.45) is 4.99 Å². The van der Waals surface area contributed by atoms with Gasteiger partial charge in [-0.15, -0.1) is 0 Å². The van der Waals surface area contributed by atoms with Gasteiger partial charge in [0, 0.05) is 25.2 Å². The van der Waals surface area contributed by atoms with E-state index in [0.29, 0.717) is 34.2 Å². The Hall–Kier alpha value is -2.08. The second kappa shape index (κ2) is 4.73. The molecule has 0 amide bonds. The van der Waals surface area contributed by atoms with E-state index in [9.17, 15) is 4.79 Å². The molecule has 1 aliphatic heterocycles. The first-order valence-electron chi connectivity index (χ1n) is 6.89. The van der Waals surface area contributed by atoms with Gasteiger partial charge in [-0.3, -0.25) is 4.79 Å². The Morgan fingerprint density at radius 1 is 1.38 bits per heavy atom. The summed E-state index contributed by atoms with van der Waals surface area (Å²) in [7, 11) is 1.60. The number of methoxy groups -OCH3 is 1. The van der Waals surface area contributed by atoms with Crippen LogP contribution in [0, 0.1) is 0 Å². The minimum Gasteiger partial charge on any atom is -0.454 e. The molecule has 112 valence electrons. The summed E-state index contributed by atoms with van der Waals surface area (Å²) < 4.78 is 11.1. The molecule has 0 saturated carbocycles. The molecule has 6 nitrogen and oxygen atoms in total. The third-order valence-electron chi connectivity index (χ3n) is 3.90. The molecule has 0 spiro atoms. The monoisotopic (exact) mass is 290 g/mol. The molecule has 1 aliphatic carbocycles. The van der Waals surface area contributed by atoms with Gasteiger partial charge in [0.1, 0.15) is 11.4 Å². The Kier molecular flexibility index (Phi) is 3.13. The summed E-state index contributed by atoms with van der Waals surface area (Å²) in [6, 6.07) is 0. The van der Waals surface area contributed by atoms with Crippen molar-refractivity contribution in [3.05, 3.63) is 22.0 Å². The lowest BCUT2D eigenvalue weighted by Gasteiger charge is -2.21. The summed E-state index contributed by atoms with van der Waals surface area (Å²) in [5.74, 6) is 1.57. The SMILES string of the molecule is C=c1c2c(oc1=C1N=C(C(C)(C)OC)NO1)CCCC2=O. The fourth-order valence-corrected chi connectivity index (χ4v) is 2.42. The second-order valence-corrected chi connectivity index (χ2v) is 5.67. The van der Waals surface area contributed by atoms with Gasteiger partial charge in [-0.05, 0) is 20.3 Å². The average molecular weight is 290 g/mol. The fourth-order valence-electron chi connectivity index (χ4n) is 2.42. The first-order chi connectivity index (χ1) is 9.94. The first kappa shape index (κ1) is 13.9. The molecule has 0 saturated heterocycles. The predicted octanol–water partition coefficient (Wildman–Crippen LogP) is 0.633. The highest BCUT2D eigenvalue weighted by Gasteiger charge is 2.31. The number of rotatable bonds is 2. The summed E-state index contributed by atoms with van der Waals surface area (Å²) >= 11 is 0. The predicted molar refractivity (Wildman–Crippen MR) is 76.9 cm³/mol. The van der Waals surface area contributed by atoms with Crippen LogP contribution in [0.2, 0.25) is 0 Å². The number of aryl methyl sites for hydroxylation is 1. The van der Waals surface area contributed by atoms with Crippen LogP contribution in [-0.4, -0.2) is 24.3 Å². The molecule has 1 aromatic heterocycles. The van der Waals surface area contributed by atoms with Gasteiger partial charge in [0.15, 0.2) is 17.0 Å². The maximum atomic E-state index is 12.0. The van der Waals surface area contributed by atoms with Crippen molar-refractivity contribution in [2.45, 2.75) is 38.7 Å². The summed E-state index contributed by atoms with van der Waals surface area (Å²) in [5, 5.41) is 0.548. The largest absolute Gasteiger partial charge is 0.454 e. The molecule has 2 heterocycles. The van der Waals surface area contributed by atoms with Gasteiger partial charge in [-0.25, -0.2) is 5.48 Å². The number of hydrogen-bond donors (Lipinski definition) is 1. The zero-order valence-corrected chi connectivity index (χ0v) is 12.4. The lowest BCUT2D eigenvalue weighted by Crippen LogP contribution is -2.40. The molecule has 3 rings (SSSR count). The lowest BCUT2D eigenvalue weighted by atomic mass is 9.96. The highest BCUT2D eigenvalue weighted by atomic mass is 16.7. The van der Waals surface area contributed by atoms with Gasteiger partial charge in [-0.1, -0.05) is 6.58 Å². The highest BCUT2D eigenvalue weighted by Crippen LogP contribution is 2.19. The zero-order valence-electron chi connectivity index (χ0n) is 12.4. The molecule has 0 radical (unpaired) electrons. The van der Waals surface area contributed by atoms with Crippen LogP contribution in [-0.2, 0) is 16.0 Å². The molecule has 0 bridgehead atoms. The van der Waals surface area contributed by atoms with Crippen LogP contribution in [0.4, 0.5) is 0 Å². The van der Waals surface area contributed by atoms with Gasteiger partial charge in [0.05, 0.1) is 5.56 Å². The van der Waals surface area contributed by atoms with Crippen molar-refractivity contribution >= 4 is 24.1 Å². The Balaban J connectivity index is 2.14. The molecular weight excluding hydrogens is 272 g/mol. The number of nitrogens with one attached hydrogen (secondary N) is 1. The molecule has 0 atom stereocenters. The Labute approximate surface area is 122 Å². The maximum Gasteiger partial charge on any atom is 0.291 e. The van der Waals surface area contributed by atoms with Crippen LogP contribution in [0.15, 0.2) is 9.41 Å². The lowest BCUT2D eigenvalue weighted by molar-refractivity contribution is 0.0724. The van der Waals surface area contributed by atoms with E-state index in [-0.39, 0.29) is 11.7 Å². The summed E-state index contributed by atoms with van der Waals surface area (Å²) in [6.07, 6.45) is 2.08. The van der Waals surface area contributed by atoms with Crippen molar-refractivity contribution in [1.29, 1.82) is 0 Å². The van der Waals surface area contributed by atoms with E-state index in [1.54, 1.807) is 7.11 Å². The van der Waals surface area contributed by atoms with E-state index in [4.69, 9.17) is 14.0 Å². The van der Waals surface area contributed by atoms with Crippen molar-refractivity contribution in [3.63, 3.8) is 0 Å². The van der Waals surface area contributed by atoms with Crippen LogP contribution in [0.3, 0.4) is 0 Å². The number of furan rings is 1. The van der Waals surface area contributed by atoms with E-state index in [1.165, 1.54) is 0 Å². The number of fused-ring (bicyclic) bond motifs is 1. The number of carbonyl (C=O) groups is 1. The number of aliphatic imine (C=N–C) groups is 1. The van der Waals surface area contributed by atoms with E-state index in [2.05, 4.69) is 17.1 Å². The van der Waals surface area contributed by atoms with Crippen LogP contribution in [0.25, 0.3) is 12.5 Å². The summed E-state index contributed by atoms with van der Waals surface area (Å²) in [6.45, 7) is 7.69. The number of ether oxygens (including phenoxy) is 1. The van der Waals surface area contributed by atoms with E-state index in [0.717, 1.165) is 12.8 Å². The number of ketones is 1. The van der Waals surface area contributed by atoms with Crippen LogP contribution in [0.1, 0.15) is 42.8 Å². The minimum atomic E-state index is -0.606. The smallest absolute Gasteiger partial charge is 0.291 e. The van der Waals surface area contributed by atoms with Crippen molar-refractivity contribution in [2.75, 3.05) is 7.11 Å². The van der Waals surface area contributed by atoms with E-state index in [1.807, 2.05) is 13.8 Å². The number of hydroxylamine groups is 1. The molecule has 0 unspecified atom stereocenters. The minimum absolute atomic E-state index is 0.0734. The second-order valence-electron chi connectivity index (χ2n) is 5.67. The molecular formula is C15H18N2O4. The van der Waals surface area contributed by atoms with Gasteiger partial charge >= 0.3 is 0 Å². The van der Waals surface area contributed by atoms with Gasteiger partial charge < -0.3 is 14.0 Å². The maximum absolute atomic E-state index is 12.0. The Morgan fingerprint density at radius 3 is 2.81 bits per heavy atom. The fraction of sp³-hybridized carbons (Fsp3) is 0.467. The van der Waals surface area contributed by atoms with Crippen LogP contribution >= 0.6 is 0 Å². The van der Waals surface area contributed by atoms with Crippen LogP contribution < -0.4 is 16.1 Å². The number of hydrogen-bond acceptors (Lipinski definition) is 6. The molecule has 2 aliphatic rings. The van der Waals surface area contributed by atoms with Crippen LogP contribution in [0.5, 0.6) is 0 Å². The Bertz CT molecular complexity index is 742. The Morgan fingerprint density at radius 2 is 2.14 bits per heavy atom. The van der Waals surface area contributed by atoms with Crippen molar-refractivity contribution < 1.29 is 18.8 Å². The summed E-state index contributed by atoms with van der Waals surface area (Å²) in [5.41, 5.74) is 3.12. The average Bonchev–Trinajstić information content (AvgIpc) is 3.05. The highest BCUT2D eigenvalue weighted by molar-refractivity contribution is 5.98. The summed E-state index contributed by atoms with van der Waals surface area (Å²) in [4.78, 5) is 21.7. The standard InChI is InChI=1S/C15H18N2O4/c1-8-11-9(18)6-5-7-10(11)20-12(8)13-16-14(17-21-13)15(2,3)19-4/h1,5-7H2,2-4H3,(H,16,17). The zero-order chi connectivity index (χ0) is 15.2. The third kappa shape index (κ3) is 2.15. The number of Topliss-reactive ketones (excluding diaryl/α,β-unsaturated/α-hetero) is 1. The molecule has 0 aromatic carbocycles. The number of nitrogens with zero attached hydrogens (tertiary/aromatic N) is 1. The van der Waals surface area contributed by atoms with E-state index >= 15 is 0 Å². The van der Waals surface area contributed by atoms with Crippen molar-refractivity contribution in [1.82, 2.24) is 5.48 Å². The first-order valence-corrected chi connectivity index (χ1v) is 6.89. The third-order valence-corrected chi connectivity index (χ3v) is 3.90. The number of amidine groups is 1. The molecule has 1 aromatic rings. The van der Waals surface area contributed by atoms with Gasteiger partial charge in [0.2, 0.25) is 0 Å². The molecule has 6 heteroatoms. The van der Waals surface area contributed by atoms with Gasteiger partial charge in [0.25, 0.3) is 5.88 Å². The van der Waals surface area contributed by atoms with Crippen molar-refractivity contribution in [3.8, 4) is 0 Å². The molecule has 1 N–H and O–H groups in total.